The first-order chi connectivity index (χ1) is 8.79. The van der Waals surface area contributed by atoms with Gasteiger partial charge >= 0.3 is 0 Å². The van der Waals surface area contributed by atoms with Gasteiger partial charge in [0.1, 0.15) is 5.75 Å². The maximum absolute atomic E-state index is 5.26. The molecule has 1 aliphatic rings. The van der Waals surface area contributed by atoms with Crippen LogP contribution in [0.4, 0.5) is 0 Å². The van der Waals surface area contributed by atoms with Gasteiger partial charge in [-0.3, -0.25) is 0 Å². The Morgan fingerprint density at radius 1 is 1.44 bits per heavy atom. The van der Waals surface area contributed by atoms with E-state index in [1.807, 2.05) is 12.1 Å². The minimum atomic E-state index is 0.365. The summed E-state index contributed by atoms with van der Waals surface area (Å²) in [5.41, 5.74) is 1.28. The lowest BCUT2D eigenvalue weighted by atomic mass is 10.0. The van der Waals surface area contributed by atoms with E-state index < -0.39 is 0 Å². The first-order valence-corrected chi connectivity index (χ1v) is 6.90. The highest BCUT2D eigenvalue weighted by Gasteiger charge is 2.13. The van der Waals surface area contributed by atoms with Crippen LogP contribution in [-0.4, -0.2) is 26.2 Å². The average Bonchev–Trinajstić information content (AvgIpc) is 2.46. The Labute approximate surface area is 110 Å². The fourth-order valence-corrected chi connectivity index (χ4v) is 2.45. The zero-order chi connectivity index (χ0) is 12.8. The molecule has 0 aromatic heterocycles. The van der Waals surface area contributed by atoms with Crippen LogP contribution in [0.3, 0.4) is 0 Å². The molecule has 1 saturated heterocycles. The molecule has 1 aromatic rings. The molecule has 2 unspecified atom stereocenters. The van der Waals surface area contributed by atoms with E-state index in [1.165, 1.54) is 31.4 Å². The average molecular weight is 248 g/mol. The van der Waals surface area contributed by atoms with Crippen LogP contribution in [0.25, 0.3) is 0 Å². The van der Waals surface area contributed by atoms with Crippen molar-refractivity contribution in [1.82, 2.24) is 10.6 Å². The first kappa shape index (κ1) is 13.4. The molecule has 18 heavy (non-hydrogen) atoms. The van der Waals surface area contributed by atoms with Gasteiger partial charge in [-0.25, -0.2) is 0 Å². The predicted octanol–water partition coefficient (Wildman–Crippen LogP) is 2.49. The summed E-state index contributed by atoms with van der Waals surface area (Å²) in [6.07, 6.45) is 3.96. The SMILES string of the molecule is COc1cccc(C(C)NCC2CCCCN2)c1. The van der Waals surface area contributed by atoms with Crippen molar-refractivity contribution in [2.75, 3.05) is 20.2 Å². The van der Waals surface area contributed by atoms with Crippen molar-refractivity contribution in [2.24, 2.45) is 0 Å². The van der Waals surface area contributed by atoms with Gasteiger partial charge in [-0.2, -0.15) is 0 Å². The van der Waals surface area contributed by atoms with Gasteiger partial charge in [-0.1, -0.05) is 18.6 Å². The number of hydrogen-bond acceptors (Lipinski definition) is 3. The topological polar surface area (TPSA) is 33.3 Å². The molecule has 2 rings (SSSR count). The zero-order valence-corrected chi connectivity index (χ0v) is 11.4. The Hall–Kier alpha value is -1.06. The third kappa shape index (κ3) is 3.72. The lowest BCUT2D eigenvalue weighted by molar-refractivity contribution is 0.370. The standard InChI is InChI=1S/C15H24N2O/c1-12(13-6-5-8-15(10-13)18-2)17-11-14-7-3-4-9-16-14/h5-6,8,10,12,14,16-17H,3-4,7,9,11H2,1-2H3. The first-order valence-electron chi connectivity index (χ1n) is 6.90. The van der Waals surface area contributed by atoms with E-state index in [1.54, 1.807) is 7.11 Å². The molecule has 100 valence electrons. The van der Waals surface area contributed by atoms with Crippen LogP contribution in [0.5, 0.6) is 5.75 Å². The van der Waals surface area contributed by atoms with Crippen molar-refractivity contribution >= 4 is 0 Å². The van der Waals surface area contributed by atoms with Gasteiger partial charge in [0.25, 0.3) is 0 Å². The van der Waals surface area contributed by atoms with Crippen LogP contribution >= 0.6 is 0 Å². The van der Waals surface area contributed by atoms with Crippen molar-refractivity contribution in [2.45, 2.75) is 38.3 Å². The molecule has 1 heterocycles. The third-order valence-electron chi connectivity index (χ3n) is 3.68. The van der Waals surface area contributed by atoms with Crippen LogP contribution in [0, 0.1) is 0 Å². The molecule has 2 atom stereocenters. The van der Waals surface area contributed by atoms with Gasteiger partial charge in [-0.05, 0) is 44.0 Å². The fraction of sp³-hybridized carbons (Fsp3) is 0.600. The lowest BCUT2D eigenvalue weighted by Gasteiger charge is -2.25. The van der Waals surface area contributed by atoms with Gasteiger partial charge in [0.15, 0.2) is 0 Å². The van der Waals surface area contributed by atoms with Crippen molar-refractivity contribution in [1.29, 1.82) is 0 Å². The number of hydrogen-bond donors (Lipinski definition) is 2. The molecule has 0 radical (unpaired) electrons. The molecule has 0 amide bonds. The zero-order valence-electron chi connectivity index (χ0n) is 11.4. The normalized spacial score (nSPS) is 21.6. The van der Waals surface area contributed by atoms with Crippen molar-refractivity contribution in [3.63, 3.8) is 0 Å². The molecule has 1 aromatic carbocycles. The van der Waals surface area contributed by atoms with Gasteiger partial charge in [0, 0.05) is 18.6 Å². The molecule has 0 spiro atoms. The summed E-state index contributed by atoms with van der Waals surface area (Å²) < 4.78 is 5.26. The second kappa shape index (κ2) is 6.76. The Kier molecular flexibility index (Phi) is 5.02. The Balaban J connectivity index is 1.84. The molecular weight excluding hydrogens is 224 g/mol. The summed E-state index contributed by atoms with van der Waals surface area (Å²) in [6, 6.07) is 9.28. The third-order valence-corrected chi connectivity index (χ3v) is 3.68. The van der Waals surface area contributed by atoms with Crippen molar-refractivity contribution < 1.29 is 4.74 Å². The van der Waals surface area contributed by atoms with E-state index in [0.717, 1.165) is 12.3 Å². The Morgan fingerprint density at radius 3 is 3.06 bits per heavy atom. The number of rotatable bonds is 5. The van der Waals surface area contributed by atoms with E-state index in [9.17, 15) is 0 Å². The van der Waals surface area contributed by atoms with Gasteiger partial charge in [0.05, 0.1) is 7.11 Å². The van der Waals surface area contributed by atoms with Crippen molar-refractivity contribution in [3.8, 4) is 5.75 Å². The van der Waals surface area contributed by atoms with Crippen LogP contribution in [0.15, 0.2) is 24.3 Å². The van der Waals surface area contributed by atoms with Crippen LogP contribution < -0.4 is 15.4 Å². The minimum Gasteiger partial charge on any atom is -0.497 e. The highest BCUT2D eigenvalue weighted by molar-refractivity contribution is 5.30. The molecule has 3 nitrogen and oxygen atoms in total. The highest BCUT2D eigenvalue weighted by Crippen LogP contribution is 2.19. The number of nitrogens with one attached hydrogen (secondary N) is 2. The Morgan fingerprint density at radius 2 is 2.33 bits per heavy atom. The molecular formula is C15H24N2O. The fourth-order valence-electron chi connectivity index (χ4n) is 2.45. The number of piperidine rings is 1. The molecule has 1 fully saturated rings. The van der Waals surface area contributed by atoms with E-state index in [4.69, 9.17) is 4.74 Å². The second-order valence-electron chi connectivity index (χ2n) is 5.05. The monoisotopic (exact) mass is 248 g/mol. The molecule has 3 heteroatoms. The van der Waals surface area contributed by atoms with E-state index in [0.29, 0.717) is 12.1 Å². The summed E-state index contributed by atoms with van der Waals surface area (Å²) in [7, 11) is 1.71. The summed E-state index contributed by atoms with van der Waals surface area (Å²) in [5, 5.41) is 7.16. The number of ether oxygens (including phenoxy) is 1. The molecule has 2 N–H and O–H groups in total. The molecule has 0 aliphatic carbocycles. The van der Waals surface area contributed by atoms with Crippen LogP contribution in [0.2, 0.25) is 0 Å². The minimum absolute atomic E-state index is 0.365. The number of benzene rings is 1. The molecule has 0 bridgehead atoms. The van der Waals surface area contributed by atoms with E-state index in [2.05, 4.69) is 29.7 Å². The Bertz CT molecular complexity index is 361. The maximum atomic E-state index is 5.26. The van der Waals surface area contributed by atoms with Crippen LogP contribution in [-0.2, 0) is 0 Å². The van der Waals surface area contributed by atoms with Crippen LogP contribution in [0.1, 0.15) is 37.8 Å². The smallest absolute Gasteiger partial charge is 0.119 e. The maximum Gasteiger partial charge on any atom is 0.119 e. The lowest BCUT2D eigenvalue weighted by Crippen LogP contribution is -2.42. The highest BCUT2D eigenvalue weighted by atomic mass is 16.5. The van der Waals surface area contributed by atoms with E-state index in [-0.39, 0.29) is 0 Å². The van der Waals surface area contributed by atoms with E-state index >= 15 is 0 Å². The summed E-state index contributed by atoms with van der Waals surface area (Å²) in [5.74, 6) is 0.928. The quantitative estimate of drug-likeness (QED) is 0.840. The van der Waals surface area contributed by atoms with Gasteiger partial charge in [0.2, 0.25) is 0 Å². The molecule has 1 aliphatic heterocycles. The van der Waals surface area contributed by atoms with Crippen molar-refractivity contribution in [3.05, 3.63) is 29.8 Å². The van der Waals surface area contributed by atoms with Gasteiger partial charge < -0.3 is 15.4 Å². The van der Waals surface area contributed by atoms with Gasteiger partial charge in [-0.15, -0.1) is 0 Å². The molecule has 0 saturated carbocycles. The largest absolute Gasteiger partial charge is 0.497 e. The second-order valence-corrected chi connectivity index (χ2v) is 5.05. The predicted molar refractivity (Wildman–Crippen MR) is 75.1 cm³/mol. The summed E-state index contributed by atoms with van der Waals surface area (Å²) >= 11 is 0. The summed E-state index contributed by atoms with van der Waals surface area (Å²) in [6.45, 7) is 4.41. The summed E-state index contributed by atoms with van der Waals surface area (Å²) in [4.78, 5) is 0. The number of methoxy groups -OCH3 is 1.